The molecule has 0 saturated carbocycles. The molecule has 2 aliphatic rings. The fourth-order valence-electron chi connectivity index (χ4n) is 4.57. The van der Waals surface area contributed by atoms with Crippen LogP contribution in [0.1, 0.15) is 48.1 Å². The van der Waals surface area contributed by atoms with Crippen LogP contribution in [0, 0.1) is 5.92 Å². The highest BCUT2D eigenvalue weighted by molar-refractivity contribution is 5.54. The molecule has 3 heteroatoms. The molecule has 4 rings (SSSR count). The van der Waals surface area contributed by atoms with Crippen LogP contribution in [-0.4, -0.2) is 15.3 Å². The van der Waals surface area contributed by atoms with E-state index in [1.807, 2.05) is 12.1 Å². The molecule has 0 spiro atoms. The summed E-state index contributed by atoms with van der Waals surface area (Å²) < 4.78 is 0. The molecule has 0 amide bonds. The van der Waals surface area contributed by atoms with E-state index in [-0.39, 0.29) is 28.7 Å². The highest BCUT2D eigenvalue weighted by atomic mass is 16.3. The average Bonchev–Trinajstić information content (AvgIpc) is 2.70. The molecule has 2 aliphatic carbocycles. The van der Waals surface area contributed by atoms with Gasteiger partial charge < -0.3 is 15.3 Å². The average molecular weight is 296 g/mol. The van der Waals surface area contributed by atoms with Crippen molar-refractivity contribution in [3.05, 3.63) is 58.7 Å². The van der Waals surface area contributed by atoms with Gasteiger partial charge in [-0.1, -0.05) is 38.1 Å². The molecule has 3 nitrogen and oxygen atoms in total. The molecule has 2 aromatic carbocycles. The minimum atomic E-state index is -0.699. The Hall–Kier alpha value is -2.00. The minimum Gasteiger partial charge on any atom is -0.508 e. The number of phenolic OH excluding ortho intramolecular Hbond substituents is 2. The lowest BCUT2D eigenvalue weighted by Gasteiger charge is -2.39. The first-order valence-corrected chi connectivity index (χ1v) is 7.73. The quantitative estimate of drug-likeness (QED) is 0.698. The van der Waals surface area contributed by atoms with Crippen LogP contribution in [0.5, 0.6) is 11.5 Å². The number of benzene rings is 2. The normalized spacial score (nSPS) is 27.9. The van der Waals surface area contributed by atoms with E-state index in [1.165, 1.54) is 17.2 Å². The van der Waals surface area contributed by atoms with Crippen molar-refractivity contribution in [1.29, 1.82) is 0 Å². The second-order valence-electron chi connectivity index (χ2n) is 7.12. The second-order valence-corrected chi connectivity index (χ2v) is 7.12. The van der Waals surface area contributed by atoms with Gasteiger partial charge in [0.15, 0.2) is 0 Å². The number of aromatic hydroxyl groups is 2. The minimum absolute atomic E-state index is 0.000655. The van der Waals surface area contributed by atoms with Crippen LogP contribution in [0.15, 0.2) is 36.4 Å². The summed E-state index contributed by atoms with van der Waals surface area (Å²) >= 11 is 0. The zero-order chi connectivity index (χ0) is 15.6. The Morgan fingerprint density at radius 3 is 2.55 bits per heavy atom. The molecule has 0 aromatic heterocycles. The van der Waals surface area contributed by atoms with Gasteiger partial charge in [0.1, 0.15) is 11.5 Å². The second kappa shape index (κ2) is 4.26. The third kappa shape index (κ3) is 1.60. The predicted octanol–water partition coefficient (Wildman–Crippen LogP) is 3.38. The zero-order valence-corrected chi connectivity index (χ0v) is 12.7. The van der Waals surface area contributed by atoms with Crippen molar-refractivity contribution in [2.24, 2.45) is 5.92 Å². The fraction of sp³-hybridized carbons (Fsp3) is 0.368. The number of aliphatic hydroxyl groups is 1. The first-order valence-electron chi connectivity index (χ1n) is 7.73. The Balaban J connectivity index is 1.94. The summed E-state index contributed by atoms with van der Waals surface area (Å²) in [5, 5.41) is 30.9. The van der Waals surface area contributed by atoms with Crippen LogP contribution >= 0.6 is 0 Å². The van der Waals surface area contributed by atoms with E-state index in [1.54, 1.807) is 6.07 Å². The summed E-state index contributed by atoms with van der Waals surface area (Å²) in [5.74, 6) is 0.335. The van der Waals surface area contributed by atoms with Crippen molar-refractivity contribution in [3.63, 3.8) is 0 Å². The molecule has 0 fully saturated rings. The molecular formula is C19H20O3. The van der Waals surface area contributed by atoms with Crippen LogP contribution in [0.3, 0.4) is 0 Å². The molecule has 3 N–H and O–H groups in total. The number of hydrogen-bond acceptors (Lipinski definition) is 3. The van der Waals surface area contributed by atoms with E-state index in [9.17, 15) is 15.3 Å². The highest BCUT2D eigenvalue weighted by Gasteiger charge is 2.51. The van der Waals surface area contributed by atoms with Crippen molar-refractivity contribution in [2.45, 2.75) is 37.7 Å². The van der Waals surface area contributed by atoms with Gasteiger partial charge in [0.25, 0.3) is 0 Å². The summed E-state index contributed by atoms with van der Waals surface area (Å²) in [4.78, 5) is 0. The number of phenols is 2. The predicted molar refractivity (Wildman–Crippen MR) is 84.1 cm³/mol. The Labute approximate surface area is 129 Å². The van der Waals surface area contributed by atoms with Gasteiger partial charge in [-0.05, 0) is 40.5 Å². The summed E-state index contributed by atoms with van der Waals surface area (Å²) in [7, 11) is 0. The third-order valence-corrected chi connectivity index (χ3v) is 5.70. The standard InChI is InChI=1S/C19H20O3/c1-19(2)14-6-4-3-5-11(14)17-15(19)9-12-13(18(17)22)7-10(20)8-16(12)21/h3-8,15,17-18,20-22H,9H2,1-2H3/t15-,17-,18-/m0/s1. The van der Waals surface area contributed by atoms with Crippen molar-refractivity contribution >= 4 is 0 Å². The molecule has 3 atom stereocenters. The molecule has 114 valence electrons. The molecule has 0 unspecified atom stereocenters. The molecule has 2 aromatic rings. The zero-order valence-electron chi connectivity index (χ0n) is 12.7. The summed E-state index contributed by atoms with van der Waals surface area (Å²) in [6, 6.07) is 11.2. The van der Waals surface area contributed by atoms with E-state index in [2.05, 4.69) is 26.0 Å². The lowest BCUT2D eigenvalue weighted by molar-refractivity contribution is 0.0899. The SMILES string of the molecule is CC1(C)c2ccccc2[C@@H]2[C@@H](O)c3cc(O)cc(O)c3C[C@@H]21. The Kier molecular flexibility index (Phi) is 2.64. The summed E-state index contributed by atoms with van der Waals surface area (Å²) in [6.45, 7) is 4.43. The Bertz CT molecular complexity index is 763. The Morgan fingerprint density at radius 1 is 1.05 bits per heavy atom. The molecule has 0 heterocycles. The van der Waals surface area contributed by atoms with Gasteiger partial charge >= 0.3 is 0 Å². The largest absolute Gasteiger partial charge is 0.508 e. The van der Waals surface area contributed by atoms with Crippen molar-refractivity contribution < 1.29 is 15.3 Å². The van der Waals surface area contributed by atoms with Gasteiger partial charge in [-0.3, -0.25) is 0 Å². The highest BCUT2D eigenvalue weighted by Crippen LogP contribution is 2.59. The molecule has 0 bridgehead atoms. The van der Waals surface area contributed by atoms with Crippen molar-refractivity contribution in [2.75, 3.05) is 0 Å². The summed E-state index contributed by atoms with van der Waals surface area (Å²) in [5.41, 5.74) is 3.85. The van der Waals surface area contributed by atoms with Gasteiger partial charge in [-0.15, -0.1) is 0 Å². The van der Waals surface area contributed by atoms with E-state index >= 15 is 0 Å². The molecular weight excluding hydrogens is 276 g/mol. The number of rotatable bonds is 0. The van der Waals surface area contributed by atoms with Crippen LogP contribution in [0.4, 0.5) is 0 Å². The van der Waals surface area contributed by atoms with E-state index in [4.69, 9.17) is 0 Å². The van der Waals surface area contributed by atoms with Crippen molar-refractivity contribution in [3.8, 4) is 11.5 Å². The van der Waals surface area contributed by atoms with Crippen molar-refractivity contribution in [1.82, 2.24) is 0 Å². The molecule has 0 aliphatic heterocycles. The van der Waals surface area contributed by atoms with Crippen LogP contribution in [-0.2, 0) is 11.8 Å². The molecule has 0 saturated heterocycles. The number of aliphatic hydroxyl groups excluding tert-OH is 1. The maximum Gasteiger partial charge on any atom is 0.122 e. The first-order chi connectivity index (χ1) is 10.4. The topological polar surface area (TPSA) is 60.7 Å². The van der Waals surface area contributed by atoms with Crippen LogP contribution in [0.25, 0.3) is 0 Å². The fourth-order valence-corrected chi connectivity index (χ4v) is 4.57. The van der Waals surface area contributed by atoms with Gasteiger partial charge in [0.05, 0.1) is 6.10 Å². The monoisotopic (exact) mass is 296 g/mol. The van der Waals surface area contributed by atoms with Gasteiger partial charge in [-0.25, -0.2) is 0 Å². The first kappa shape index (κ1) is 13.6. The lowest BCUT2D eigenvalue weighted by atomic mass is 9.66. The molecule has 0 radical (unpaired) electrons. The lowest BCUT2D eigenvalue weighted by Crippen LogP contribution is -2.34. The van der Waals surface area contributed by atoms with E-state index in [0.717, 1.165) is 5.56 Å². The van der Waals surface area contributed by atoms with Gasteiger partial charge in [0, 0.05) is 17.5 Å². The Morgan fingerprint density at radius 2 is 1.77 bits per heavy atom. The third-order valence-electron chi connectivity index (χ3n) is 5.70. The van der Waals surface area contributed by atoms with Gasteiger partial charge in [-0.2, -0.15) is 0 Å². The molecule has 22 heavy (non-hydrogen) atoms. The van der Waals surface area contributed by atoms with E-state index < -0.39 is 6.10 Å². The van der Waals surface area contributed by atoms with E-state index in [0.29, 0.717) is 12.0 Å². The van der Waals surface area contributed by atoms with Crippen LogP contribution in [0.2, 0.25) is 0 Å². The smallest absolute Gasteiger partial charge is 0.122 e. The maximum atomic E-state index is 10.9. The number of hydrogen-bond donors (Lipinski definition) is 3. The van der Waals surface area contributed by atoms with Crippen LogP contribution < -0.4 is 0 Å². The van der Waals surface area contributed by atoms with Gasteiger partial charge in [0.2, 0.25) is 0 Å². The summed E-state index contributed by atoms with van der Waals surface area (Å²) in [6.07, 6.45) is 0.0138. The maximum absolute atomic E-state index is 10.9. The number of fused-ring (bicyclic) bond motifs is 4.